The van der Waals surface area contributed by atoms with E-state index in [0.717, 1.165) is 11.4 Å². The molecule has 47 heavy (non-hydrogen) atoms. The predicted octanol–water partition coefficient (Wildman–Crippen LogP) is 12.9. The van der Waals surface area contributed by atoms with Crippen LogP contribution in [0.3, 0.4) is 0 Å². The maximum absolute atomic E-state index is 2.41. The van der Waals surface area contributed by atoms with Crippen LogP contribution < -0.4 is 4.90 Å². The molecular formula is C46H41N. The molecule has 0 atom stereocenters. The summed E-state index contributed by atoms with van der Waals surface area (Å²) in [5, 5.41) is 0. The van der Waals surface area contributed by atoms with Gasteiger partial charge in [0, 0.05) is 22.5 Å². The van der Waals surface area contributed by atoms with E-state index >= 15 is 0 Å². The lowest BCUT2D eigenvalue weighted by molar-refractivity contribution is 0.660. The summed E-state index contributed by atoms with van der Waals surface area (Å²) >= 11 is 0. The van der Waals surface area contributed by atoms with Gasteiger partial charge in [-0.2, -0.15) is 0 Å². The number of hydrogen-bond acceptors (Lipinski definition) is 1. The van der Waals surface area contributed by atoms with E-state index in [9.17, 15) is 0 Å². The molecule has 230 valence electrons. The predicted molar refractivity (Wildman–Crippen MR) is 204 cm³/mol. The van der Waals surface area contributed by atoms with Gasteiger partial charge in [-0.25, -0.2) is 0 Å². The van der Waals surface area contributed by atoms with Crippen molar-refractivity contribution in [1.82, 2.24) is 0 Å². The van der Waals surface area contributed by atoms with Gasteiger partial charge in [0.1, 0.15) is 0 Å². The Morgan fingerprint density at radius 3 is 1.43 bits per heavy atom. The molecule has 0 spiro atoms. The number of rotatable bonds is 8. The summed E-state index contributed by atoms with van der Waals surface area (Å²) in [7, 11) is 0. The van der Waals surface area contributed by atoms with Crippen molar-refractivity contribution in [2.45, 2.75) is 39.0 Å². The Morgan fingerprint density at radius 2 is 0.872 bits per heavy atom. The van der Waals surface area contributed by atoms with E-state index in [2.05, 4.69) is 202 Å². The van der Waals surface area contributed by atoms with E-state index < -0.39 is 0 Å². The van der Waals surface area contributed by atoms with E-state index in [1.165, 1.54) is 55.8 Å². The van der Waals surface area contributed by atoms with Crippen LogP contribution in [0.1, 0.15) is 72.6 Å². The van der Waals surface area contributed by atoms with E-state index in [4.69, 9.17) is 0 Å². The van der Waals surface area contributed by atoms with Crippen LogP contribution in [0.15, 0.2) is 146 Å². The average molecular weight is 608 g/mol. The molecule has 0 aromatic heterocycles. The maximum Gasteiger partial charge on any atom is 0.0465 e. The van der Waals surface area contributed by atoms with E-state index in [1.807, 2.05) is 0 Å². The standard InChI is InChI=1S/C46H41N/c1-33(2)38-22-26-40(27-23-38)47(39-24-19-36(20-25-39)16-15-34-11-7-5-8-12-34)41-28-30-43-42-29-21-37(18-17-35-13-9-6-10-14-35)31-44(42)46(3,4)45(43)32-41/h5-33H,1-4H3/b16-15+,18-17+. The molecule has 0 heterocycles. The summed E-state index contributed by atoms with van der Waals surface area (Å²) in [6.07, 6.45) is 8.77. The van der Waals surface area contributed by atoms with Crippen LogP contribution in [-0.4, -0.2) is 0 Å². The van der Waals surface area contributed by atoms with E-state index in [1.54, 1.807) is 0 Å². The average Bonchev–Trinajstić information content (AvgIpc) is 3.33. The van der Waals surface area contributed by atoms with Gasteiger partial charge in [-0.05, 0) is 92.4 Å². The molecule has 6 aromatic rings. The summed E-state index contributed by atoms with van der Waals surface area (Å²) in [5.74, 6) is 0.486. The quantitative estimate of drug-likeness (QED) is 0.156. The Balaban J connectivity index is 1.25. The van der Waals surface area contributed by atoms with Crippen molar-refractivity contribution in [3.8, 4) is 11.1 Å². The first-order valence-corrected chi connectivity index (χ1v) is 16.6. The van der Waals surface area contributed by atoms with Crippen molar-refractivity contribution in [1.29, 1.82) is 0 Å². The van der Waals surface area contributed by atoms with Gasteiger partial charge >= 0.3 is 0 Å². The van der Waals surface area contributed by atoms with Gasteiger partial charge < -0.3 is 4.90 Å². The minimum atomic E-state index is -0.128. The highest BCUT2D eigenvalue weighted by molar-refractivity contribution is 5.87. The Morgan fingerprint density at radius 1 is 0.447 bits per heavy atom. The second-order valence-electron chi connectivity index (χ2n) is 13.3. The van der Waals surface area contributed by atoms with Crippen molar-refractivity contribution >= 4 is 41.4 Å². The molecule has 0 radical (unpaired) electrons. The fourth-order valence-electron chi connectivity index (χ4n) is 6.69. The van der Waals surface area contributed by atoms with Gasteiger partial charge in [0.05, 0.1) is 0 Å². The fraction of sp³-hybridized carbons (Fsp3) is 0.130. The largest absolute Gasteiger partial charge is 0.310 e. The van der Waals surface area contributed by atoms with E-state index in [0.29, 0.717) is 5.92 Å². The molecule has 0 unspecified atom stereocenters. The number of fused-ring (bicyclic) bond motifs is 3. The highest BCUT2D eigenvalue weighted by atomic mass is 15.1. The Bertz CT molecular complexity index is 2050. The van der Waals surface area contributed by atoms with Crippen LogP contribution in [0.2, 0.25) is 0 Å². The van der Waals surface area contributed by atoms with Crippen LogP contribution in [0.5, 0.6) is 0 Å². The summed E-state index contributed by atoms with van der Waals surface area (Å²) in [6.45, 7) is 9.22. The molecule has 1 aliphatic carbocycles. The summed E-state index contributed by atoms with van der Waals surface area (Å²) in [5.41, 5.74) is 14.9. The Hall–Kier alpha value is -5.40. The molecule has 0 N–H and O–H groups in total. The molecule has 6 aromatic carbocycles. The summed E-state index contributed by atoms with van der Waals surface area (Å²) in [4.78, 5) is 2.39. The lowest BCUT2D eigenvalue weighted by Gasteiger charge is -2.28. The first-order chi connectivity index (χ1) is 22.9. The van der Waals surface area contributed by atoms with Crippen molar-refractivity contribution in [2.75, 3.05) is 4.90 Å². The molecule has 0 amide bonds. The third-order valence-corrected chi connectivity index (χ3v) is 9.45. The first kappa shape index (κ1) is 30.3. The SMILES string of the molecule is CC(C)c1ccc(N(c2ccc(/C=C/c3ccccc3)cc2)c2ccc3c(c2)C(C)(C)c2cc(/C=C/c4ccccc4)ccc2-3)cc1. The number of benzene rings is 6. The second kappa shape index (κ2) is 12.8. The third-order valence-electron chi connectivity index (χ3n) is 9.45. The van der Waals surface area contributed by atoms with Crippen molar-refractivity contribution in [2.24, 2.45) is 0 Å². The number of anilines is 3. The monoisotopic (exact) mass is 607 g/mol. The summed E-state index contributed by atoms with van der Waals surface area (Å²) < 4.78 is 0. The molecule has 0 bridgehead atoms. The topological polar surface area (TPSA) is 3.24 Å². The first-order valence-electron chi connectivity index (χ1n) is 16.6. The smallest absolute Gasteiger partial charge is 0.0465 e. The highest BCUT2D eigenvalue weighted by Crippen LogP contribution is 2.51. The lowest BCUT2D eigenvalue weighted by atomic mass is 9.81. The molecule has 0 aliphatic heterocycles. The van der Waals surface area contributed by atoms with Crippen molar-refractivity contribution in [3.63, 3.8) is 0 Å². The zero-order chi connectivity index (χ0) is 32.4. The maximum atomic E-state index is 2.41. The Labute approximate surface area is 280 Å². The highest BCUT2D eigenvalue weighted by Gasteiger charge is 2.36. The zero-order valence-corrected chi connectivity index (χ0v) is 27.7. The van der Waals surface area contributed by atoms with Gasteiger partial charge in [-0.1, -0.05) is 161 Å². The normalized spacial score (nSPS) is 13.3. The van der Waals surface area contributed by atoms with Crippen LogP contribution in [0.25, 0.3) is 35.4 Å². The molecule has 0 fully saturated rings. The van der Waals surface area contributed by atoms with Crippen LogP contribution >= 0.6 is 0 Å². The molecule has 1 nitrogen and oxygen atoms in total. The number of hydrogen-bond donors (Lipinski definition) is 0. The minimum Gasteiger partial charge on any atom is -0.310 e. The molecule has 0 saturated carbocycles. The van der Waals surface area contributed by atoms with Crippen LogP contribution in [-0.2, 0) is 5.41 Å². The molecular weight excluding hydrogens is 567 g/mol. The van der Waals surface area contributed by atoms with Gasteiger partial charge in [-0.15, -0.1) is 0 Å². The van der Waals surface area contributed by atoms with E-state index in [-0.39, 0.29) is 5.41 Å². The third kappa shape index (κ3) is 6.22. The minimum absolute atomic E-state index is 0.128. The van der Waals surface area contributed by atoms with Gasteiger partial charge in [0.25, 0.3) is 0 Å². The second-order valence-corrected chi connectivity index (χ2v) is 13.3. The van der Waals surface area contributed by atoms with Gasteiger partial charge in [0.2, 0.25) is 0 Å². The number of nitrogens with zero attached hydrogens (tertiary/aromatic N) is 1. The zero-order valence-electron chi connectivity index (χ0n) is 27.7. The lowest BCUT2D eigenvalue weighted by Crippen LogP contribution is -2.16. The molecule has 0 saturated heterocycles. The van der Waals surface area contributed by atoms with Crippen LogP contribution in [0.4, 0.5) is 17.1 Å². The van der Waals surface area contributed by atoms with Crippen LogP contribution in [0, 0.1) is 0 Å². The van der Waals surface area contributed by atoms with Gasteiger partial charge in [-0.3, -0.25) is 0 Å². The summed E-state index contributed by atoms with van der Waals surface area (Å²) in [6, 6.07) is 52.8. The van der Waals surface area contributed by atoms with Crippen molar-refractivity contribution < 1.29 is 0 Å². The fourth-order valence-corrected chi connectivity index (χ4v) is 6.69. The Kier molecular flexibility index (Phi) is 8.23. The molecule has 7 rings (SSSR count). The molecule has 1 aliphatic rings. The van der Waals surface area contributed by atoms with Gasteiger partial charge in [0.15, 0.2) is 0 Å². The molecule has 1 heteroatoms. The van der Waals surface area contributed by atoms with Crippen molar-refractivity contribution in [3.05, 3.63) is 185 Å².